The molecule has 1 aliphatic carbocycles. The third-order valence-corrected chi connectivity index (χ3v) is 6.32. The Bertz CT molecular complexity index is 1120. The van der Waals surface area contributed by atoms with Crippen LogP contribution < -0.4 is 15.0 Å². The molecule has 7 nitrogen and oxygen atoms in total. The first kappa shape index (κ1) is 23.6. The van der Waals surface area contributed by atoms with Gasteiger partial charge in [0.15, 0.2) is 0 Å². The lowest BCUT2D eigenvalue weighted by Gasteiger charge is -2.28. The Labute approximate surface area is 200 Å². The standard InChI is InChI=1S/C27H31N3O4/c1-30(21-6-9-23(10-7-21)34-15-14-33-2)22-8-11-24-19(16-22)4-3-5-20(24)17-29-26-18-28-13-12-25(26)27(31)32/h6-13,16,18,20,29H,3-5,14-15,17H2,1-2H3,(H,31,32)/t20-/m0/s1. The Morgan fingerprint density at radius 2 is 1.94 bits per heavy atom. The van der Waals surface area contributed by atoms with Crippen LogP contribution in [0.5, 0.6) is 5.75 Å². The SMILES string of the molecule is COCCOc1ccc(N(C)c2ccc3c(c2)CCC[C@H]3CNc2cnccc2C(=O)O)cc1. The molecule has 0 unspecified atom stereocenters. The number of aryl methyl sites for hydroxylation is 1. The molecule has 0 amide bonds. The van der Waals surface area contributed by atoms with Gasteiger partial charge in [-0.25, -0.2) is 4.79 Å². The molecule has 1 aromatic heterocycles. The summed E-state index contributed by atoms with van der Waals surface area (Å²) in [5.74, 6) is 0.208. The molecule has 0 aliphatic heterocycles. The summed E-state index contributed by atoms with van der Waals surface area (Å²) >= 11 is 0. The maximum Gasteiger partial charge on any atom is 0.337 e. The summed E-state index contributed by atoms with van der Waals surface area (Å²) in [5, 5.41) is 12.7. The molecule has 34 heavy (non-hydrogen) atoms. The highest BCUT2D eigenvalue weighted by atomic mass is 16.5. The fraction of sp³-hybridized carbons (Fsp3) is 0.333. The van der Waals surface area contributed by atoms with Crippen LogP contribution in [0.15, 0.2) is 60.9 Å². The number of nitrogens with one attached hydrogen (secondary N) is 1. The average molecular weight is 462 g/mol. The molecule has 3 aromatic rings. The van der Waals surface area contributed by atoms with Crippen LogP contribution >= 0.6 is 0 Å². The highest BCUT2D eigenvalue weighted by molar-refractivity contribution is 5.93. The van der Waals surface area contributed by atoms with Gasteiger partial charge in [0.25, 0.3) is 0 Å². The van der Waals surface area contributed by atoms with Gasteiger partial charge in [-0.3, -0.25) is 4.98 Å². The van der Waals surface area contributed by atoms with E-state index in [1.807, 2.05) is 12.1 Å². The lowest BCUT2D eigenvalue weighted by molar-refractivity contribution is 0.0697. The largest absolute Gasteiger partial charge is 0.491 e. The van der Waals surface area contributed by atoms with Crippen molar-refractivity contribution in [3.63, 3.8) is 0 Å². The Kier molecular flexibility index (Phi) is 7.65. The molecule has 2 N–H and O–H groups in total. The van der Waals surface area contributed by atoms with E-state index >= 15 is 0 Å². The number of fused-ring (bicyclic) bond motifs is 1. The predicted molar refractivity (Wildman–Crippen MR) is 134 cm³/mol. The summed E-state index contributed by atoms with van der Waals surface area (Å²) in [6.07, 6.45) is 6.32. The minimum atomic E-state index is -0.948. The van der Waals surface area contributed by atoms with Crippen molar-refractivity contribution in [1.82, 2.24) is 4.98 Å². The van der Waals surface area contributed by atoms with E-state index < -0.39 is 5.97 Å². The number of nitrogens with zero attached hydrogens (tertiary/aromatic N) is 2. The predicted octanol–water partition coefficient (Wildman–Crippen LogP) is 5.10. The molecular weight excluding hydrogens is 430 g/mol. The quantitative estimate of drug-likeness (QED) is 0.406. The van der Waals surface area contributed by atoms with E-state index in [1.165, 1.54) is 23.4 Å². The number of carbonyl (C=O) groups is 1. The number of pyridine rings is 1. The third-order valence-electron chi connectivity index (χ3n) is 6.32. The Hall–Kier alpha value is -3.58. The highest BCUT2D eigenvalue weighted by Crippen LogP contribution is 2.36. The Morgan fingerprint density at radius 1 is 1.15 bits per heavy atom. The number of anilines is 3. The van der Waals surface area contributed by atoms with Gasteiger partial charge in [0.2, 0.25) is 0 Å². The van der Waals surface area contributed by atoms with Crippen LogP contribution in [0.2, 0.25) is 0 Å². The Balaban J connectivity index is 1.45. The van der Waals surface area contributed by atoms with Gasteiger partial charge in [-0.1, -0.05) is 6.07 Å². The molecule has 0 spiro atoms. The number of carboxylic acids is 1. The Morgan fingerprint density at radius 3 is 2.71 bits per heavy atom. The molecule has 1 atom stereocenters. The molecule has 1 aliphatic rings. The van der Waals surface area contributed by atoms with Gasteiger partial charge in [0, 0.05) is 44.2 Å². The monoisotopic (exact) mass is 461 g/mol. The first-order valence-electron chi connectivity index (χ1n) is 11.6. The number of hydrogen-bond donors (Lipinski definition) is 2. The highest BCUT2D eigenvalue weighted by Gasteiger charge is 2.22. The second-order valence-corrected chi connectivity index (χ2v) is 8.47. The number of aromatic carboxylic acids is 1. The van der Waals surface area contributed by atoms with E-state index in [4.69, 9.17) is 9.47 Å². The second kappa shape index (κ2) is 11.0. The summed E-state index contributed by atoms with van der Waals surface area (Å²) in [5.41, 5.74) is 5.73. The maximum absolute atomic E-state index is 11.5. The fourth-order valence-electron chi connectivity index (χ4n) is 4.43. The molecule has 0 saturated carbocycles. The van der Waals surface area contributed by atoms with E-state index in [0.29, 0.717) is 31.4 Å². The summed E-state index contributed by atoms with van der Waals surface area (Å²) in [4.78, 5) is 17.7. The zero-order valence-electron chi connectivity index (χ0n) is 19.7. The molecule has 0 fully saturated rings. The van der Waals surface area contributed by atoms with Crippen LogP contribution in [0.25, 0.3) is 0 Å². The first-order chi connectivity index (χ1) is 16.6. The molecule has 2 aromatic carbocycles. The second-order valence-electron chi connectivity index (χ2n) is 8.47. The lowest BCUT2D eigenvalue weighted by atomic mass is 9.82. The number of carboxylic acid groups (broad SMARTS) is 1. The number of aromatic nitrogens is 1. The van der Waals surface area contributed by atoms with Crippen LogP contribution in [-0.4, -0.2) is 50.0 Å². The minimum Gasteiger partial charge on any atom is -0.491 e. The van der Waals surface area contributed by atoms with Crippen LogP contribution in [0.1, 0.15) is 40.2 Å². The van der Waals surface area contributed by atoms with Crippen LogP contribution in [0, 0.1) is 0 Å². The molecule has 178 valence electrons. The first-order valence-corrected chi connectivity index (χ1v) is 11.6. The molecular formula is C27H31N3O4. The van der Waals surface area contributed by atoms with Gasteiger partial charge in [0.05, 0.1) is 24.1 Å². The van der Waals surface area contributed by atoms with Crippen molar-refractivity contribution in [2.24, 2.45) is 0 Å². The summed E-state index contributed by atoms with van der Waals surface area (Å²) in [7, 11) is 3.73. The average Bonchev–Trinajstić information content (AvgIpc) is 2.87. The molecule has 0 radical (unpaired) electrons. The van der Waals surface area contributed by atoms with E-state index in [9.17, 15) is 9.90 Å². The number of benzene rings is 2. The normalized spacial score (nSPS) is 14.8. The zero-order valence-corrected chi connectivity index (χ0v) is 19.7. The van der Waals surface area contributed by atoms with E-state index in [-0.39, 0.29) is 5.56 Å². The van der Waals surface area contributed by atoms with E-state index in [1.54, 1.807) is 13.3 Å². The van der Waals surface area contributed by atoms with Crippen molar-refractivity contribution >= 4 is 23.0 Å². The van der Waals surface area contributed by atoms with Gasteiger partial charge in [-0.15, -0.1) is 0 Å². The molecule has 1 heterocycles. The fourth-order valence-corrected chi connectivity index (χ4v) is 4.43. The number of methoxy groups -OCH3 is 1. The number of hydrogen-bond acceptors (Lipinski definition) is 6. The van der Waals surface area contributed by atoms with Crippen molar-refractivity contribution in [1.29, 1.82) is 0 Å². The molecule has 4 rings (SSSR count). The van der Waals surface area contributed by atoms with Crippen LogP contribution in [-0.2, 0) is 11.2 Å². The van der Waals surface area contributed by atoms with E-state index in [2.05, 4.69) is 52.6 Å². The zero-order chi connectivity index (χ0) is 23.9. The number of rotatable bonds is 10. The topological polar surface area (TPSA) is 83.9 Å². The van der Waals surface area contributed by atoms with Gasteiger partial charge in [-0.2, -0.15) is 0 Å². The van der Waals surface area contributed by atoms with Gasteiger partial charge < -0.3 is 24.8 Å². The summed E-state index contributed by atoms with van der Waals surface area (Å²) in [6, 6.07) is 16.3. The number of ether oxygens (including phenoxy) is 2. The molecule has 0 saturated heterocycles. The van der Waals surface area contributed by atoms with Crippen molar-refractivity contribution in [2.45, 2.75) is 25.2 Å². The molecule has 0 bridgehead atoms. The van der Waals surface area contributed by atoms with Crippen LogP contribution in [0.4, 0.5) is 17.1 Å². The van der Waals surface area contributed by atoms with Crippen molar-refractivity contribution in [3.8, 4) is 5.75 Å². The smallest absolute Gasteiger partial charge is 0.337 e. The van der Waals surface area contributed by atoms with Crippen molar-refractivity contribution < 1.29 is 19.4 Å². The summed E-state index contributed by atoms with van der Waals surface area (Å²) < 4.78 is 10.7. The van der Waals surface area contributed by atoms with Crippen molar-refractivity contribution in [3.05, 3.63) is 77.6 Å². The van der Waals surface area contributed by atoms with Crippen LogP contribution in [0.3, 0.4) is 0 Å². The summed E-state index contributed by atoms with van der Waals surface area (Å²) in [6.45, 7) is 1.78. The van der Waals surface area contributed by atoms with Gasteiger partial charge >= 0.3 is 5.97 Å². The van der Waals surface area contributed by atoms with E-state index in [0.717, 1.165) is 36.4 Å². The maximum atomic E-state index is 11.5. The van der Waals surface area contributed by atoms with Gasteiger partial charge in [0.1, 0.15) is 12.4 Å². The lowest BCUT2D eigenvalue weighted by Crippen LogP contribution is -2.20. The van der Waals surface area contributed by atoms with Gasteiger partial charge in [-0.05, 0) is 72.9 Å². The van der Waals surface area contributed by atoms with Crippen molar-refractivity contribution in [2.75, 3.05) is 44.1 Å². The molecule has 7 heteroatoms. The minimum absolute atomic E-state index is 0.248. The third kappa shape index (κ3) is 5.48.